The van der Waals surface area contributed by atoms with Crippen LogP contribution in [-0.4, -0.2) is 82.2 Å². The number of aryl methyl sites for hydroxylation is 1. The number of benzene rings is 2. The summed E-state index contributed by atoms with van der Waals surface area (Å²) in [6.07, 6.45) is 8.67. The summed E-state index contributed by atoms with van der Waals surface area (Å²) in [5.41, 5.74) is -1.03. The first kappa shape index (κ1) is 41.7. The minimum Gasteiger partial charge on any atom is -0.483 e. The Kier molecular flexibility index (Phi) is 10.7. The lowest BCUT2D eigenvalue weighted by molar-refractivity contribution is -0.144. The van der Waals surface area contributed by atoms with Crippen LogP contribution in [0.2, 0.25) is 0 Å². The van der Waals surface area contributed by atoms with E-state index in [1.165, 1.54) is 17.0 Å². The normalized spacial score (nSPS) is 28.4. The number of carbonyl (C=O) groups excluding carboxylic acids is 4. The molecule has 4 amide bonds. The molecule has 1 saturated heterocycles. The molecule has 2 aromatic carbocycles. The number of amides is 4. The molecular weight excluding hydrogens is 790 g/mol. The average molecular weight is 844 g/mol. The summed E-state index contributed by atoms with van der Waals surface area (Å²) in [7, 11) is -4.04. The Morgan fingerprint density at radius 2 is 1.80 bits per heavy atom. The number of carbonyl (C=O) groups is 4. The van der Waals surface area contributed by atoms with Gasteiger partial charge in [-0.15, -0.1) is 0 Å². The Labute approximate surface area is 350 Å². The molecule has 5 aliphatic rings. The van der Waals surface area contributed by atoms with Crippen LogP contribution in [0.4, 0.5) is 9.18 Å². The highest BCUT2D eigenvalue weighted by Crippen LogP contribution is 2.49. The van der Waals surface area contributed by atoms with Crippen molar-refractivity contribution in [2.45, 2.75) is 138 Å². The van der Waals surface area contributed by atoms with Gasteiger partial charge in [-0.3, -0.25) is 19.1 Å². The monoisotopic (exact) mass is 843 g/mol. The van der Waals surface area contributed by atoms with Gasteiger partial charge in [0.2, 0.25) is 21.8 Å². The minimum atomic E-state index is -4.04. The van der Waals surface area contributed by atoms with Gasteiger partial charge in [-0.25, -0.2) is 22.6 Å². The summed E-state index contributed by atoms with van der Waals surface area (Å²) in [5.74, 6) is -2.43. The van der Waals surface area contributed by atoms with Crippen LogP contribution in [0.15, 0.2) is 60.7 Å². The van der Waals surface area contributed by atoms with Crippen molar-refractivity contribution in [1.82, 2.24) is 25.2 Å². The first-order valence-electron chi connectivity index (χ1n) is 21.1. The third-order valence-electron chi connectivity index (χ3n) is 13.0. The highest BCUT2D eigenvalue weighted by molar-refractivity contribution is 7.91. The molecule has 0 unspecified atom stereocenters. The van der Waals surface area contributed by atoms with E-state index in [4.69, 9.17) is 14.5 Å². The van der Waals surface area contributed by atoms with E-state index in [2.05, 4.69) is 15.4 Å². The molecule has 60 heavy (non-hydrogen) atoms. The maximum absolute atomic E-state index is 15.0. The summed E-state index contributed by atoms with van der Waals surface area (Å²) >= 11 is 0. The number of hydrogen-bond acceptors (Lipinski definition) is 9. The lowest BCUT2D eigenvalue weighted by atomic mass is 9.65. The number of nitrogens with one attached hydrogen (secondary N) is 3. The number of aromatic nitrogens is 1. The van der Waals surface area contributed by atoms with E-state index < -0.39 is 79.1 Å². The van der Waals surface area contributed by atoms with Crippen molar-refractivity contribution in [2.24, 2.45) is 5.92 Å². The van der Waals surface area contributed by atoms with E-state index in [9.17, 15) is 32.0 Å². The third-order valence-corrected chi connectivity index (χ3v) is 15.1. The van der Waals surface area contributed by atoms with Crippen molar-refractivity contribution >= 4 is 44.7 Å². The molecule has 3 aromatic rings. The van der Waals surface area contributed by atoms with E-state index in [1.54, 1.807) is 39.8 Å². The topological polar surface area (TPSA) is 173 Å². The molecule has 1 spiro atoms. The minimum absolute atomic E-state index is 0.0210. The largest absolute Gasteiger partial charge is 0.483 e. The number of halogens is 1. The van der Waals surface area contributed by atoms with Crippen LogP contribution in [0.5, 0.6) is 5.75 Å². The molecule has 3 aliphatic heterocycles. The highest BCUT2D eigenvalue weighted by atomic mass is 32.2. The van der Waals surface area contributed by atoms with Crippen molar-refractivity contribution in [2.75, 3.05) is 6.54 Å². The van der Waals surface area contributed by atoms with Crippen LogP contribution in [-0.2, 0) is 35.6 Å². The summed E-state index contributed by atoms with van der Waals surface area (Å²) in [4.78, 5) is 63.8. The SMILES string of the molecule is CC(C)(C)OC(=O)N[C@H]1CCCCC/C=C\[C@@H]2CC[C@@]2(C(=O)NS(=O)(=O)C2(C)CC2)NC(=O)[C@@H]2C[C@@]3(CCc4c(c(-c5cccc(F)c5)nc5ccccc45)O3)CN2C1=O. The van der Waals surface area contributed by atoms with Gasteiger partial charge < -0.3 is 25.0 Å². The quantitative estimate of drug-likeness (QED) is 0.247. The maximum Gasteiger partial charge on any atom is 0.408 e. The molecule has 0 bridgehead atoms. The molecule has 1 aromatic heterocycles. The van der Waals surface area contributed by atoms with Gasteiger partial charge in [-0.05, 0) is 104 Å². The van der Waals surface area contributed by atoms with Crippen molar-refractivity contribution in [1.29, 1.82) is 0 Å². The number of alkyl carbamates (subject to hydrolysis) is 1. The Bertz CT molecular complexity index is 2380. The van der Waals surface area contributed by atoms with Crippen LogP contribution in [0.25, 0.3) is 22.2 Å². The molecule has 8 rings (SSSR count). The predicted molar refractivity (Wildman–Crippen MR) is 223 cm³/mol. The number of allylic oxidation sites excluding steroid dienone is 1. The van der Waals surface area contributed by atoms with Gasteiger partial charge in [-0.2, -0.15) is 0 Å². The Hall–Kier alpha value is -5.05. The second-order valence-corrected chi connectivity index (χ2v) is 20.7. The number of pyridine rings is 1. The van der Waals surface area contributed by atoms with E-state index in [1.807, 2.05) is 36.4 Å². The second kappa shape index (κ2) is 15.4. The van der Waals surface area contributed by atoms with E-state index in [-0.39, 0.29) is 25.8 Å². The molecule has 2 saturated carbocycles. The maximum atomic E-state index is 15.0. The lowest BCUT2D eigenvalue weighted by Crippen LogP contribution is -2.70. The Morgan fingerprint density at radius 3 is 2.52 bits per heavy atom. The molecule has 5 atom stereocenters. The molecule has 3 N–H and O–H groups in total. The highest BCUT2D eigenvalue weighted by Gasteiger charge is 2.59. The van der Waals surface area contributed by atoms with Crippen LogP contribution < -0.4 is 20.1 Å². The number of nitrogens with zero attached hydrogens (tertiary/aromatic N) is 2. The fourth-order valence-corrected chi connectivity index (χ4v) is 10.4. The van der Waals surface area contributed by atoms with Gasteiger partial charge in [0.1, 0.15) is 46.1 Å². The molecule has 13 nitrogen and oxygen atoms in total. The van der Waals surface area contributed by atoms with Gasteiger partial charge in [0, 0.05) is 28.9 Å². The summed E-state index contributed by atoms with van der Waals surface area (Å²) in [5, 5.41) is 6.66. The van der Waals surface area contributed by atoms with Gasteiger partial charge in [-0.1, -0.05) is 55.3 Å². The number of para-hydroxylation sites is 1. The van der Waals surface area contributed by atoms with Crippen LogP contribution in [0.3, 0.4) is 0 Å². The molecular formula is C45H54FN5O8S. The molecule has 0 radical (unpaired) electrons. The van der Waals surface area contributed by atoms with Crippen molar-refractivity contribution in [3.8, 4) is 17.0 Å². The predicted octanol–water partition coefficient (Wildman–Crippen LogP) is 6.38. The Morgan fingerprint density at radius 1 is 1.02 bits per heavy atom. The smallest absolute Gasteiger partial charge is 0.408 e. The zero-order valence-electron chi connectivity index (χ0n) is 34.6. The second-order valence-electron chi connectivity index (χ2n) is 18.5. The number of fused-ring (bicyclic) bond motifs is 5. The lowest BCUT2D eigenvalue weighted by Gasteiger charge is -2.48. The first-order valence-corrected chi connectivity index (χ1v) is 22.6. The summed E-state index contributed by atoms with van der Waals surface area (Å²) < 4.78 is 55.4. The molecule has 2 aliphatic carbocycles. The van der Waals surface area contributed by atoms with Gasteiger partial charge in [0.25, 0.3) is 5.91 Å². The third kappa shape index (κ3) is 7.96. The van der Waals surface area contributed by atoms with E-state index >= 15 is 0 Å². The molecule has 4 heterocycles. The van der Waals surface area contributed by atoms with Gasteiger partial charge in [0.15, 0.2) is 0 Å². The molecule has 3 fully saturated rings. The number of ether oxygens (including phenoxy) is 2. The summed E-state index contributed by atoms with van der Waals surface area (Å²) in [6, 6.07) is 11.5. The van der Waals surface area contributed by atoms with Gasteiger partial charge >= 0.3 is 6.09 Å². The summed E-state index contributed by atoms with van der Waals surface area (Å²) in [6.45, 7) is 6.74. The van der Waals surface area contributed by atoms with Crippen molar-refractivity contribution < 1.29 is 41.5 Å². The molecule has 320 valence electrons. The zero-order chi connectivity index (χ0) is 42.7. The standard InChI is InChI=1S/C45H54FN5O8S/c1-42(2,3)59-41(55)48-34-18-9-7-5-6-8-14-29-19-22-45(29,40(54)50-60(56,57)43(4)23-24-43)49-38(52)35-26-44(27-51(35)39(34)53)21-20-32-31-16-10-11-17-33(31)47-36(37(32)58-44)28-13-12-15-30(46)25-28/h8,10-17,25,29,34-35H,5-7,9,18-24,26-27H2,1-4H3,(H,48,55)(H,49,52)(H,50,54)/b14-8-/t29-,34+,35+,44+,45-/m1/s1. The van der Waals surface area contributed by atoms with E-state index in [0.717, 1.165) is 23.8 Å². The molecule has 15 heteroatoms. The van der Waals surface area contributed by atoms with Crippen LogP contribution in [0.1, 0.15) is 104 Å². The Balaban J connectivity index is 1.19. The number of sulfonamides is 1. The van der Waals surface area contributed by atoms with E-state index in [0.29, 0.717) is 67.5 Å². The van der Waals surface area contributed by atoms with Crippen LogP contribution >= 0.6 is 0 Å². The first-order chi connectivity index (χ1) is 28.4. The number of hydrogen-bond donors (Lipinski definition) is 3. The fraction of sp³-hybridized carbons (Fsp3) is 0.533. The average Bonchev–Trinajstić information content (AvgIpc) is 3.85. The number of rotatable bonds is 5. The van der Waals surface area contributed by atoms with Gasteiger partial charge in [0.05, 0.1) is 16.8 Å². The zero-order valence-corrected chi connectivity index (χ0v) is 35.5. The van der Waals surface area contributed by atoms with Crippen molar-refractivity contribution in [3.05, 3.63) is 72.1 Å². The van der Waals surface area contributed by atoms with Crippen molar-refractivity contribution in [3.63, 3.8) is 0 Å². The van der Waals surface area contributed by atoms with Crippen LogP contribution in [0, 0.1) is 11.7 Å². The fourth-order valence-electron chi connectivity index (χ4n) is 9.13.